The van der Waals surface area contributed by atoms with Crippen molar-refractivity contribution in [1.82, 2.24) is 15.4 Å². The van der Waals surface area contributed by atoms with Gasteiger partial charge >= 0.3 is 0 Å². The fraction of sp³-hybridized carbons (Fsp3) is 0.227. The van der Waals surface area contributed by atoms with Gasteiger partial charge in [0.2, 0.25) is 5.88 Å². The molecule has 0 radical (unpaired) electrons. The zero-order chi connectivity index (χ0) is 19.3. The number of ether oxygens (including phenoxy) is 1. The molecule has 6 nitrogen and oxygen atoms in total. The van der Waals surface area contributed by atoms with E-state index in [1.54, 1.807) is 24.7 Å². The van der Waals surface area contributed by atoms with E-state index in [0.29, 0.717) is 23.8 Å². The van der Waals surface area contributed by atoms with Gasteiger partial charge in [-0.05, 0) is 78.8 Å². The maximum atomic E-state index is 9.66. The van der Waals surface area contributed by atoms with Crippen molar-refractivity contribution < 1.29 is 9.94 Å². The smallest absolute Gasteiger partial charge is 0.230 e. The van der Waals surface area contributed by atoms with Crippen molar-refractivity contribution >= 4 is 5.84 Å². The molecule has 0 amide bonds. The Morgan fingerprint density at radius 2 is 1.93 bits per heavy atom. The Hall–Kier alpha value is -3.25. The summed E-state index contributed by atoms with van der Waals surface area (Å²) in [5, 5.41) is 9.66. The molecule has 0 bridgehead atoms. The fourth-order valence-corrected chi connectivity index (χ4v) is 3.54. The number of hydrogen-bond acceptors (Lipinski definition) is 5. The maximum absolute atomic E-state index is 9.66. The molecule has 3 aromatic rings. The van der Waals surface area contributed by atoms with Crippen molar-refractivity contribution in [2.24, 2.45) is 4.99 Å². The Balaban J connectivity index is 1.64. The summed E-state index contributed by atoms with van der Waals surface area (Å²) >= 11 is 0. The van der Waals surface area contributed by atoms with Crippen LogP contribution >= 0.6 is 0 Å². The highest BCUT2D eigenvalue weighted by Gasteiger charge is 2.20. The summed E-state index contributed by atoms with van der Waals surface area (Å²) in [6, 6.07) is 11.5. The van der Waals surface area contributed by atoms with Crippen LogP contribution in [0.25, 0.3) is 0 Å². The van der Waals surface area contributed by atoms with E-state index in [2.05, 4.69) is 33.4 Å². The largest absolute Gasteiger partial charge is 0.438 e. The number of aryl methyl sites for hydroxylation is 1. The Labute approximate surface area is 163 Å². The van der Waals surface area contributed by atoms with Crippen molar-refractivity contribution in [3.63, 3.8) is 0 Å². The molecule has 2 N–H and O–H groups in total. The number of hydroxylamine groups is 1. The van der Waals surface area contributed by atoms with Gasteiger partial charge in [0.1, 0.15) is 5.75 Å². The summed E-state index contributed by atoms with van der Waals surface area (Å²) in [7, 11) is 0. The highest BCUT2D eigenvalue weighted by atomic mass is 16.5. The Bertz CT molecular complexity index is 1000. The Kier molecular flexibility index (Phi) is 5.30. The second-order valence-corrected chi connectivity index (χ2v) is 6.78. The standard InChI is InChI=1S/C22H22N4O2/c1-15-7-8-20(18-5-2-4-17(15)18)28-22-19(6-3-11-24-22)21(26-27)25-14-16-9-12-23-13-10-16/h3,6-13,27H,2,4-5,14H2,1H3,(H,25,26). The van der Waals surface area contributed by atoms with E-state index in [4.69, 9.17) is 4.74 Å². The summed E-state index contributed by atoms with van der Waals surface area (Å²) in [5.41, 5.74) is 7.72. The molecule has 0 saturated carbocycles. The van der Waals surface area contributed by atoms with Crippen molar-refractivity contribution in [2.75, 3.05) is 0 Å². The van der Waals surface area contributed by atoms with Crippen LogP contribution in [0.15, 0.2) is 60.0 Å². The molecule has 2 aromatic heterocycles. The van der Waals surface area contributed by atoms with Crippen LogP contribution in [0.5, 0.6) is 11.6 Å². The predicted octanol–water partition coefficient (Wildman–Crippen LogP) is 3.99. The van der Waals surface area contributed by atoms with E-state index < -0.39 is 0 Å². The third-order valence-electron chi connectivity index (χ3n) is 4.98. The van der Waals surface area contributed by atoms with Crippen LogP contribution in [0.3, 0.4) is 0 Å². The molecule has 0 unspecified atom stereocenters. The topological polar surface area (TPSA) is 79.6 Å². The minimum Gasteiger partial charge on any atom is -0.438 e. The molecule has 0 aliphatic heterocycles. The van der Waals surface area contributed by atoms with Crippen LogP contribution in [-0.4, -0.2) is 21.0 Å². The lowest BCUT2D eigenvalue weighted by molar-refractivity contribution is 0.234. The first-order valence-electron chi connectivity index (χ1n) is 9.34. The predicted molar refractivity (Wildman–Crippen MR) is 107 cm³/mol. The van der Waals surface area contributed by atoms with Gasteiger partial charge in [-0.3, -0.25) is 20.7 Å². The summed E-state index contributed by atoms with van der Waals surface area (Å²) < 4.78 is 6.19. The van der Waals surface area contributed by atoms with Gasteiger partial charge in [-0.15, -0.1) is 0 Å². The number of nitrogens with one attached hydrogen (secondary N) is 1. The van der Waals surface area contributed by atoms with Gasteiger partial charge in [-0.25, -0.2) is 4.98 Å². The third-order valence-corrected chi connectivity index (χ3v) is 4.98. The van der Waals surface area contributed by atoms with Crippen LogP contribution in [-0.2, 0) is 19.4 Å². The van der Waals surface area contributed by atoms with Crippen molar-refractivity contribution in [3.8, 4) is 11.6 Å². The molecule has 0 fully saturated rings. The number of fused-ring (bicyclic) bond motifs is 1. The quantitative estimate of drug-likeness (QED) is 0.401. The second kappa shape index (κ2) is 8.19. The average Bonchev–Trinajstić information content (AvgIpc) is 3.23. The number of benzene rings is 1. The Morgan fingerprint density at radius 1 is 1.11 bits per heavy atom. The van der Waals surface area contributed by atoms with Crippen LogP contribution in [0, 0.1) is 6.92 Å². The van der Waals surface area contributed by atoms with Gasteiger partial charge in [-0.2, -0.15) is 0 Å². The van der Waals surface area contributed by atoms with Gasteiger partial charge in [0.15, 0.2) is 5.84 Å². The number of amidine groups is 1. The summed E-state index contributed by atoms with van der Waals surface area (Å²) in [6.45, 7) is 2.54. The number of aliphatic imine (C=N–C) groups is 1. The van der Waals surface area contributed by atoms with Crippen LogP contribution in [0.1, 0.15) is 34.2 Å². The number of aromatic nitrogens is 2. The van der Waals surface area contributed by atoms with E-state index in [0.717, 1.165) is 30.6 Å². The summed E-state index contributed by atoms with van der Waals surface area (Å²) in [4.78, 5) is 12.9. The van der Waals surface area contributed by atoms with Crippen molar-refractivity contribution in [2.45, 2.75) is 32.7 Å². The van der Waals surface area contributed by atoms with Crippen molar-refractivity contribution in [1.29, 1.82) is 0 Å². The fourth-order valence-electron chi connectivity index (χ4n) is 3.54. The molecular formula is C22H22N4O2. The molecule has 1 aliphatic carbocycles. The molecule has 0 atom stereocenters. The lowest BCUT2D eigenvalue weighted by Crippen LogP contribution is -2.21. The molecule has 6 heteroatoms. The van der Waals surface area contributed by atoms with E-state index in [-0.39, 0.29) is 0 Å². The molecule has 2 heterocycles. The number of pyridine rings is 2. The molecule has 0 spiro atoms. The zero-order valence-corrected chi connectivity index (χ0v) is 15.7. The normalized spacial score (nSPS) is 13.3. The minimum absolute atomic E-state index is 0.309. The van der Waals surface area contributed by atoms with Crippen LogP contribution < -0.4 is 10.2 Å². The first-order valence-corrected chi connectivity index (χ1v) is 9.34. The SMILES string of the molecule is Cc1ccc(Oc2ncccc2C(=NCc2ccncc2)NO)c2c1CCC2. The van der Waals surface area contributed by atoms with E-state index >= 15 is 0 Å². The molecule has 28 heavy (non-hydrogen) atoms. The lowest BCUT2D eigenvalue weighted by Gasteiger charge is -2.14. The van der Waals surface area contributed by atoms with E-state index in [1.807, 2.05) is 24.3 Å². The van der Waals surface area contributed by atoms with E-state index in [9.17, 15) is 5.21 Å². The lowest BCUT2D eigenvalue weighted by atomic mass is 10.0. The second-order valence-electron chi connectivity index (χ2n) is 6.78. The van der Waals surface area contributed by atoms with Gasteiger partial charge in [-0.1, -0.05) is 6.07 Å². The van der Waals surface area contributed by atoms with Gasteiger partial charge in [0.25, 0.3) is 0 Å². The number of rotatable bonds is 5. The minimum atomic E-state index is 0.309. The molecule has 1 aromatic carbocycles. The highest BCUT2D eigenvalue weighted by molar-refractivity contribution is 6.00. The summed E-state index contributed by atoms with van der Waals surface area (Å²) in [5.74, 6) is 1.55. The third kappa shape index (κ3) is 3.73. The molecule has 142 valence electrons. The zero-order valence-electron chi connectivity index (χ0n) is 15.7. The van der Waals surface area contributed by atoms with Gasteiger partial charge < -0.3 is 4.74 Å². The number of hydrogen-bond donors (Lipinski definition) is 2. The Morgan fingerprint density at radius 3 is 2.75 bits per heavy atom. The monoisotopic (exact) mass is 374 g/mol. The van der Waals surface area contributed by atoms with Gasteiger partial charge in [0.05, 0.1) is 12.1 Å². The maximum Gasteiger partial charge on any atom is 0.230 e. The average molecular weight is 374 g/mol. The van der Waals surface area contributed by atoms with E-state index in [1.165, 1.54) is 16.7 Å². The first kappa shape index (κ1) is 18.1. The molecular weight excluding hydrogens is 352 g/mol. The van der Waals surface area contributed by atoms with Gasteiger partial charge in [0, 0.05) is 18.6 Å². The first-order chi connectivity index (χ1) is 13.8. The summed E-state index contributed by atoms with van der Waals surface area (Å²) in [6.07, 6.45) is 8.34. The highest BCUT2D eigenvalue weighted by Crippen LogP contribution is 2.35. The van der Waals surface area contributed by atoms with Crippen molar-refractivity contribution in [3.05, 3.63) is 82.8 Å². The molecule has 1 aliphatic rings. The molecule has 0 saturated heterocycles. The van der Waals surface area contributed by atoms with Crippen LogP contribution in [0.2, 0.25) is 0 Å². The van der Waals surface area contributed by atoms with Crippen LogP contribution in [0.4, 0.5) is 0 Å². The number of nitrogens with zero attached hydrogens (tertiary/aromatic N) is 3. The molecule has 4 rings (SSSR count).